The van der Waals surface area contributed by atoms with Gasteiger partial charge in [-0.3, -0.25) is 4.79 Å². The monoisotopic (exact) mass is 232 g/mol. The Morgan fingerprint density at radius 2 is 1.17 bits per heavy atom. The summed E-state index contributed by atoms with van der Waals surface area (Å²) in [6, 6.07) is 12.0. The van der Waals surface area contributed by atoms with Crippen molar-refractivity contribution in [1.29, 1.82) is 0 Å². The second kappa shape index (κ2) is 10.2. The first-order valence-corrected chi connectivity index (χ1v) is 3.32. The van der Waals surface area contributed by atoms with E-state index >= 15 is 0 Å². The number of esters is 1. The van der Waals surface area contributed by atoms with Gasteiger partial charge in [0.2, 0.25) is 0 Å². The van der Waals surface area contributed by atoms with Crippen LogP contribution in [0.2, 0.25) is 0 Å². The number of methoxy groups -OCH3 is 1. The zero-order chi connectivity index (χ0) is 8.53. The van der Waals surface area contributed by atoms with Crippen molar-refractivity contribution in [3.8, 4) is 0 Å². The minimum Gasteiger partial charge on any atom is -0.469 e. The molecule has 0 aliphatic rings. The summed E-state index contributed by atoms with van der Waals surface area (Å²) in [4.78, 5) is 9.59. The number of rotatable bonds is 0. The Kier molecular flexibility index (Phi) is 11.6. The quantitative estimate of drug-likeness (QED) is 0.643. The lowest BCUT2D eigenvalue weighted by Crippen LogP contribution is -1.88. The molecule has 0 atom stereocenters. The minimum atomic E-state index is -0.245. The summed E-state index contributed by atoms with van der Waals surface area (Å²) in [5, 5.41) is 0. The third-order valence-electron chi connectivity index (χ3n) is 0.954. The van der Waals surface area contributed by atoms with Gasteiger partial charge >= 0.3 is 5.97 Å². The summed E-state index contributed by atoms with van der Waals surface area (Å²) in [5.74, 6) is -0.245. The van der Waals surface area contributed by atoms with E-state index in [1.807, 2.05) is 36.4 Å². The highest BCUT2D eigenvalue weighted by Gasteiger charge is 1.75. The molecule has 1 aromatic carbocycles. The van der Waals surface area contributed by atoms with Crippen LogP contribution in [0.5, 0.6) is 0 Å². The average Bonchev–Trinajstić information content (AvgIpc) is 2.09. The Morgan fingerprint density at radius 3 is 1.25 bits per heavy atom. The molecule has 3 heteroatoms. The third kappa shape index (κ3) is 11.9. The Hall–Kier alpha value is -0.830. The Labute approximate surface area is 83.3 Å². The SMILES string of the molecule is Br.COC(C)=O.c1ccccc1. The second-order valence-electron chi connectivity index (χ2n) is 1.85. The van der Waals surface area contributed by atoms with Crippen LogP contribution in [0.3, 0.4) is 0 Å². The van der Waals surface area contributed by atoms with E-state index in [4.69, 9.17) is 0 Å². The van der Waals surface area contributed by atoms with Crippen LogP contribution in [-0.2, 0) is 9.53 Å². The molecule has 0 saturated heterocycles. The van der Waals surface area contributed by atoms with Gasteiger partial charge in [-0.2, -0.15) is 0 Å². The van der Waals surface area contributed by atoms with E-state index in [0.29, 0.717) is 0 Å². The van der Waals surface area contributed by atoms with E-state index in [-0.39, 0.29) is 23.0 Å². The van der Waals surface area contributed by atoms with Crippen molar-refractivity contribution in [2.45, 2.75) is 6.92 Å². The van der Waals surface area contributed by atoms with Crippen molar-refractivity contribution in [2.75, 3.05) is 7.11 Å². The molecule has 0 spiro atoms. The molecule has 0 aliphatic carbocycles. The first kappa shape index (κ1) is 13.7. The molecule has 0 unspecified atom stereocenters. The minimum absolute atomic E-state index is 0. The van der Waals surface area contributed by atoms with Gasteiger partial charge in [-0.1, -0.05) is 36.4 Å². The zero-order valence-electron chi connectivity index (χ0n) is 7.19. The van der Waals surface area contributed by atoms with Gasteiger partial charge < -0.3 is 4.74 Å². The van der Waals surface area contributed by atoms with E-state index < -0.39 is 0 Å². The number of ether oxygens (including phenoxy) is 1. The number of hydrogen-bond acceptors (Lipinski definition) is 2. The average molecular weight is 233 g/mol. The van der Waals surface area contributed by atoms with Gasteiger partial charge in [-0.25, -0.2) is 0 Å². The molecule has 68 valence electrons. The third-order valence-corrected chi connectivity index (χ3v) is 0.954. The summed E-state index contributed by atoms with van der Waals surface area (Å²) in [5.41, 5.74) is 0. The zero-order valence-corrected chi connectivity index (χ0v) is 8.90. The van der Waals surface area contributed by atoms with Crippen molar-refractivity contribution >= 4 is 23.0 Å². The molecule has 0 amide bonds. The fourth-order valence-corrected chi connectivity index (χ4v) is 0.385. The topological polar surface area (TPSA) is 26.3 Å². The Bertz CT molecular complexity index is 160. The predicted octanol–water partition coefficient (Wildman–Crippen LogP) is 2.44. The number of carbonyl (C=O) groups excluding carboxylic acids is 1. The van der Waals surface area contributed by atoms with Gasteiger partial charge in [0.1, 0.15) is 0 Å². The summed E-state index contributed by atoms with van der Waals surface area (Å²) < 4.78 is 4.11. The molecule has 1 aromatic rings. The molecule has 12 heavy (non-hydrogen) atoms. The van der Waals surface area contributed by atoms with E-state index in [2.05, 4.69) is 4.74 Å². The predicted molar refractivity (Wildman–Crippen MR) is 54.5 cm³/mol. The maximum atomic E-state index is 9.59. The molecule has 0 radical (unpaired) electrons. The second-order valence-corrected chi connectivity index (χ2v) is 1.85. The molecule has 1 rings (SSSR count). The molecule has 0 fully saturated rings. The van der Waals surface area contributed by atoms with Crippen LogP contribution >= 0.6 is 17.0 Å². The van der Waals surface area contributed by atoms with Gasteiger partial charge in [-0.15, -0.1) is 17.0 Å². The maximum absolute atomic E-state index is 9.59. The van der Waals surface area contributed by atoms with E-state index in [1.54, 1.807) is 0 Å². The van der Waals surface area contributed by atoms with Crippen LogP contribution in [-0.4, -0.2) is 13.1 Å². The van der Waals surface area contributed by atoms with Crippen molar-refractivity contribution in [2.24, 2.45) is 0 Å². The normalized spacial score (nSPS) is 6.83. The molecule has 0 N–H and O–H groups in total. The molecular weight excluding hydrogens is 220 g/mol. The van der Waals surface area contributed by atoms with Crippen molar-refractivity contribution in [3.05, 3.63) is 36.4 Å². The molecule has 0 bridgehead atoms. The molecule has 0 aliphatic heterocycles. The summed E-state index contributed by atoms with van der Waals surface area (Å²) >= 11 is 0. The Morgan fingerprint density at radius 1 is 1.00 bits per heavy atom. The van der Waals surface area contributed by atoms with Crippen LogP contribution in [0, 0.1) is 0 Å². The van der Waals surface area contributed by atoms with E-state index in [0.717, 1.165) is 0 Å². The fourth-order valence-electron chi connectivity index (χ4n) is 0.385. The van der Waals surface area contributed by atoms with Gasteiger partial charge in [0.25, 0.3) is 0 Å². The van der Waals surface area contributed by atoms with Gasteiger partial charge in [0.15, 0.2) is 0 Å². The van der Waals surface area contributed by atoms with Gasteiger partial charge in [0.05, 0.1) is 7.11 Å². The van der Waals surface area contributed by atoms with Gasteiger partial charge in [0, 0.05) is 6.92 Å². The van der Waals surface area contributed by atoms with Crippen LogP contribution in [0.1, 0.15) is 6.92 Å². The molecule has 0 aromatic heterocycles. The van der Waals surface area contributed by atoms with Crippen molar-refractivity contribution in [1.82, 2.24) is 0 Å². The van der Waals surface area contributed by atoms with Crippen molar-refractivity contribution in [3.63, 3.8) is 0 Å². The Balaban J connectivity index is 0. The van der Waals surface area contributed by atoms with Gasteiger partial charge in [-0.05, 0) is 0 Å². The largest absolute Gasteiger partial charge is 0.469 e. The first-order chi connectivity index (χ1) is 5.27. The van der Waals surface area contributed by atoms with Crippen molar-refractivity contribution < 1.29 is 9.53 Å². The molecule has 0 heterocycles. The highest BCUT2D eigenvalue weighted by molar-refractivity contribution is 8.93. The highest BCUT2D eigenvalue weighted by atomic mass is 79.9. The number of carbonyl (C=O) groups is 1. The van der Waals surface area contributed by atoms with Crippen LogP contribution in [0.15, 0.2) is 36.4 Å². The summed E-state index contributed by atoms with van der Waals surface area (Å²) in [6.45, 7) is 1.36. The van der Waals surface area contributed by atoms with Crippen LogP contribution in [0.4, 0.5) is 0 Å². The molecule has 0 saturated carbocycles. The molecular formula is C9H13BrO2. The van der Waals surface area contributed by atoms with E-state index in [9.17, 15) is 4.79 Å². The molecule has 2 nitrogen and oxygen atoms in total. The summed E-state index contributed by atoms with van der Waals surface area (Å²) in [6.07, 6.45) is 0. The number of hydrogen-bond donors (Lipinski definition) is 0. The fraction of sp³-hybridized carbons (Fsp3) is 0.222. The number of benzene rings is 1. The first-order valence-electron chi connectivity index (χ1n) is 3.32. The highest BCUT2D eigenvalue weighted by Crippen LogP contribution is 1.79. The van der Waals surface area contributed by atoms with Crippen LogP contribution in [0.25, 0.3) is 0 Å². The lowest BCUT2D eigenvalue weighted by atomic mass is 10.4. The van der Waals surface area contributed by atoms with E-state index in [1.165, 1.54) is 14.0 Å². The lowest BCUT2D eigenvalue weighted by Gasteiger charge is -1.80. The number of halogens is 1. The smallest absolute Gasteiger partial charge is 0.302 e. The summed E-state index contributed by atoms with van der Waals surface area (Å²) in [7, 11) is 1.35. The lowest BCUT2D eigenvalue weighted by molar-refractivity contribution is -0.137. The van der Waals surface area contributed by atoms with Crippen LogP contribution < -0.4 is 0 Å². The maximum Gasteiger partial charge on any atom is 0.302 e. The standard InChI is InChI=1S/C6H6.C3H6O2.BrH/c1-2-4-6-5-3-1;1-3(4)5-2;/h1-6H;1-2H3;1H.